The Kier molecular flexibility index (Phi) is 5.20. The Balaban J connectivity index is 1.93. The average Bonchev–Trinajstić information content (AvgIpc) is 2.92. The monoisotopic (exact) mass is 383 g/mol. The van der Waals surface area contributed by atoms with Crippen molar-refractivity contribution in [2.75, 3.05) is 11.5 Å². The smallest absolute Gasteiger partial charge is 0.338 e. The molecule has 1 heterocycles. The third kappa shape index (κ3) is 3.36. The highest BCUT2D eigenvalue weighted by atomic mass is 16.5. The maximum Gasteiger partial charge on any atom is 0.338 e. The molecule has 2 aromatic carbocycles. The van der Waals surface area contributed by atoms with Gasteiger partial charge in [0, 0.05) is 0 Å². The highest BCUT2D eigenvalue weighted by Crippen LogP contribution is 2.37. The number of phenols is 1. The number of carbonyl (C=O) groups excluding carboxylic acids is 3. The van der Waals surface area contributed by atoms with Gasteiger partial charge in [-0.15, -0.1) is 0 Å². The van der Waals surface area contributed by atoms with Gasteiger partial charge in [-0.25, -0.2) is 9.69 Å². The van der Waals surface area contributed by atoms with Crippen LogP contribution in [-0.2, 0) is 4.74 Å². The Hall–Kier alpha value is -3.19. The van der Waals surface area contributed by atoms with E-state index in [2.05, 4.69) is 0 Å². The number of carbonyl (C=O) groups is 3. The molecule has 0 saturated carbocycles. The lowest BCUT2D eigenvalue weighted by Crippen LogP contribution is -2.29. The molecule has 2 N–H and O–H groups in total. The normalized spacial score (nSPS) is 14.2. The second kappa shape index (κ2) is 7.44. The maximum absolute atomic E-state index is 12.9. The zero-order valence-corrected chi connectivity index (χ0v) is 15.9. The minimum atomic E-state index is -0.760. The molecule has 1 unspecified atom stereocenters. The third-order valence-electron chi connectivity index (χ3n) is 4.67. The molecule has 0 aliphatic carbocycles. The lowest BCUT2D eigenvalue weighted by Gasteiger charge is -2.17. The average molecular weight is 383 g/mol. The van der Waals surface area contributed by atoms with Gasteiger partial charge >= 0.3 is 5.97 Å². The van der Waals surface area contributed by atoms with Gasteiger partial charge in [-0.1, -0.05) is 13.0 Å². The molecule has 0 saturated heterocycles. The number of benzene rings is 2. The van der Waals surface area contributed by atoms with Crippen LogP contribution in [0.4, 0.5) is 5.69 Å². The molecule has 0 spiro atoms. The first-order chi connectivity index (χ1) is 13.2. The lowest BCUT2D eigenvalue weighted by atomic mass is 10.1. The van der Waals surface area contributed by atoms with Crippen LogP contribution >= 0.6 is 0 Å². The Labute approximate surface area is 162 Å². The molecule has 1 atom stereocenters. The first-order valence-electron chi connectivity index (χ1n) is 8.92. The van der Waals surface area contributed by atoms with Crippen LogP contribution in [0.2, 0.25) is 0 Å². The van der Waals surface area contributed by atoms with Crippen LogP contribution in [0.15, 0.2) is 30.3 Å². The van der Waals surface area contributed by atoms with E-state index < -0.39 is 23.9 Å². The molecular formula is C21H21NO6. The second-order valence-electron chi connectivity index (χ2n) is 6.82. The maximum atomic E-state index is 12.9. The van der Waals surface area contributed by atoms with Gasteiger partial charge in [-0.2, -0.15) is 0 Å². The van der Waals surface area contributed by atoms with Crippen LogP contribution < -0.4 is 4.90 Å². The largest absolute Gasteiger partial charge is 0.505 e. The molecule has 1 aliphatic heterocycles. The van der Waals surface area contributed by atoms with Gasteiger partial charge in [0.2, 0.25) is 0 Å². The predicted octanol–water partition coefficient (Wildman–Crippen LogP) is 2.74. The van der Waals surface area contributed by atoms with Gasteiger partial charge in [-0.05, 0) is 55.7 Å². The Bertz CT molecular complexity index is 981. The molecule has 7 nitrogen and oxygen atoms in total. The summed E-state index contributed by atoms with van der Waals surface area (Å²) in [6.45, 7) is 5.09. The van der Waals surface area contributed by atoms with E-state index in [1.807, 2.05) is 0 Å². The zero-order valence-electron chi connectivity index (χ0n) is 15.9. The predicted molar refractivity (Wildman–Crippen MR) is 102 cm³/mol. The molecule has 7 heteroatoms. The fourth-order valence-electron chi connectivity index (χ4n) is 3.07. The fourth-order valence-corrected chi connectivity index (χ4v) is 3.07. The summed E-state index contributed by atoms with van der Waals surface area (Å²) in [6, 6.07) is 7.40. The van der Waals surface area contributed by atoms with E-state index in [1.165, 1.54) is 18.2 Å². The third-order valence-corrected chi connectivity index (χ3v) is 4.67. The number of aliphatic hydroxyl groups is 1. The number of amides is 2. The molecule has 0 bridgehead atoms. The van der Waals surface area contributed by atoms with Gasteiger partial charge in [-0.3, -0.25) is 9.59 Å². The number of esters is 1. The highest BCUT2D eigenvalue weighted by Gasteiger charge is 2.38. The van der Waals surface area contributed by atoms with Crippen molar-refractivity contribution in [2.24, 2.45) is 0 Å². The van der Waals surface area contributed by atoms with Gasteiger partial charge < -0.3 is 14.9 Å². The van der Waals surface area contributed by atoms with Crippen LogP contribution in [0.1, 0.15) is 55.5 Å². The van der Waals surface area contributed by atoms with Crippen LogP contribution in [0.3, 0.4) is 0 Å². The number of hydrogen-bond acceptors (Lipinski definition) is 6. The fraction of sp³-hybridized carbons (Fsp3) is 0.286. The molecule has 28 heavy (non-hydrogen) atoms. The quantitative estimate of drug-likeness (QED) is 0.608. The van der Waals surface area contributed by atoms with Gasteiger partial charge in [0.1, 0.15) is 12.4 Å². The molecule has 0 aromatic heterocycles. The Morgan fingerprint density at radius 1 is 1.11 bits per heavy atom. The number of fused-ring (bicyclic) bond motifs is 1. The van der Waals surface area contributed by atoms with E-state index >= 15 is 0 Å². The van der Waals surface area contributed by atoms with E-state index in [1.54, 1.807) is 32.9 Å². The Morgan fingerprint density at radius 3 is 2.46 bits per heavy atom. The minimum Gasteiger partial charge on any atom is -0.505 e. The van der Waals surface area contributed by atoms with E-state index in [9.17, 15) is 24.6 Å². The number of anilines is 1. The number of aryl methyl sites for hydroxylation is 2. The summed E-state index contributed by atoms with van der Waals surface area (Å²) < 4.78 is 5.03. The topological polar surface area (TPSA) is 104 Å². The minimum absolute atomic E-state index is 0.0639. The van der Waals surface area contributed by atoms with Gasteiger partial charge in [0.15, 0.2) is 0 Å². The number of imide groups is 1. The summed E-state index contributed by atoms with van der Waals surface area (Å²) in [4.78, 5) is 38.7. The second-order valence-corrected chi connectivity index (χ2v) is 6.82. The number of rotatable bonds is 5. The molecular weight excluding hydrogens is 362 g/mol. The number of aromatic hydroxyl groups is 1. The van der Waals surface area contributed by atoms with Crippen molar-refractivity contribution in [3.63, 3.8) is 0 Å². The lowest BCUT2D eigenvalue weighted by molar-refractivity contribution is 0.0250. The number of ether oxygens (including phenoxy) is 1. The summed E-state index contributed by atoms with van der Waals surface area (Å²) in [5.74, 6) is -2.03. The molecule has 0 radical (unpaired) electrons. The summed E-state index contributed by atoms with van der Waals surface area (Å²) in [5, 5.41) is 19.9. The molecule has 3 rings (SSSR count). The van der Waals surface area contributed by atoms with Crippen LogP contribution in [0, 0.1) is 13.8 Å². The van der Waals surface area contributed by atoms with Gasteiger partial charge in [0.25, 0.3) is 11.8 Å². The summed E-state index contributed by atoms with van der Waals surface area (Å²) in [7, 11) is 0. The standard InChI is InChI=1S/C21H21NO6/c1-4-14(23)10-28-21(27)13-5-6-15-16(9-13)20(26)22(19(15)25)17-8-11(2)7-12(3)18(17)24/h5-9,14,23-24H,4,10H2,1-3H3. The van der Waals surface area contributed by atoms with Crippen LogP contribution in [-0.4, -0.2) is 40.7 Å². The molecule has 0 fully saturated rings. The molecule has 2 amide bonds. The summed E-state index contributed by atoms with van der Waals surface area (Å²) >= 11 is 0. The van der Waals surface area contributed by atoms with Crippen molar-refractivity contribution in [3.8, 4) is 5.75 Å². The van der Waals surface area contributed by atoms with E-state index in [0.717, 1.165) is 10.5 Å². The first kappa shape index (κ1) is 19.6. The van der Waals surface area contributed by atoms with Crippen molar-refractivity contribution in [2.45, 2.75) is 33.3 Å². The van der Waals surface area contributed by atoms with Crippen LogP contribution in [0.25, 0.3) is 0 Å². The summed E-state index contributed by atoms with van der Waals surface area (Å²) in [6.07, 6.45) is -0.316. The van der Waals surface area contributed by atoms with Crippen molar-refractivity contribution in [1.29, 1.82) is 0 Å². The van der Waals surface area contributed by atoms with Gasteiger partial charge in [0.05, 0.1) is 28.5 Å². The van der Waals surface area contributed by atoms with Crippen molar-refractivity contribution < 1.29 is 29.3 Å². The van der Waals surface area contributed by atoms with E-state index in [4.69, 9.17) is 4.74 Å². The molecule has 1 aliphatic rings. The first-order valence-corrected chi connectivity index (χ1v) is 8.92. The van der Waals surface area contributed by atoms with Crippen molar-refractivity contribution in [1.82, 2.24) is 0 Å². The summed E-state index contributed by atoms with van der Waals surface area (Å²) in [5.41, 5.74) is 1.77. The number of nitrogens with zero attached hydrogens (tertiary/aromatic N) is 1. The number of phenolic OH excluding ortho intramolecular Hbond substituents is 1. The number of aliphatic hydroxyl groups excluding tert-OH is 1. The Morgan fingerprint density at radius 2 is 1.79 bits per heavy atom. The highest BCUT2D eigenvalue weighted by molar-refractivity contribution is 6.35. The zero-order chi connectivity index (χ0) is 20.6. The van der Waals surface area contributed by atoms with E-state index in [-0.39, 0.29) is 34.7 Å². The van der Waals surface area contributed by atoms with Crippen molar-refractivity contribution in [3.05, 3.63) is 58.1 Å². The van der Waals surface area contributed by atoms with Crippen molar-refractivity contribution >= 4 is 23.5 Å². The van der Waals surface area contributed by atoms with Crippen LogP contribution in [0.5, 0.6) is 5.75 Å². The number of hydrogen-bond donors (Lipinski definition) is 2. The molecule has 2 aromatic rings. The molecule has 146 valence electrons. The SMILES string of the molecule is CCC(O)COC(=O)c1ccc2c(c1)C(=O)N(c1cc(C)cc(C)c1O)C2=O. The van der Waals surface area contributed by atoms with E-state index in [0.29, 0.717) is 12.0 Å².